The zero-order valence-electron chi connectivity index (χ0n) is 11.0. The normalized spacial score (nSPS) is 11.3. The van der Waals surface area contributed by atoms with E-state index in [1.807, 2.05) is 0 Å². The molecule has 7 heteroatoms. The van der Waals surface area contributed by atoms with Crippen molar-refractivity contribution in [2.75, 3.05) is 5.32 Å². The topological polar surface area (TPSA) is 29.1 Å². The minimum atomic E-state index is -4.48. The minimum absolute atomic E-state index is 0.0640. The van der Waals surface area contributed by atoms with E-state index in [0.29, 0.717) is 0 Å². The van der Waals surface area contributed by atoms with Crippen LogP contribution in [0.15, 0.2) is 51.4 Å². The molecule has 1 amide bonds. The van der Waals surface area contributed by atoms with Gasteiger partial charge in [-0.3, -0.25) is 4.79 Å². The molecule has 0 atom stereocenters. The van der Waals surface area contributed by atoms with Crippen molar-refractivity contribution >= 4 is 43.5 Å². The van der Waals surface area contributed by atoms with E-state index in [1.54, 1.807) is 24.3 Å². The quantitative estimate of drug-likeness (QED) is 0.684. The number of nitrogens with one attached hydrogen (secondary N) is 1. The number of rotatable bonds is 3. The van der Waals surface area contributed by atoms with Crippen LogP contribution >= 0.6 is 31.9 Å². The number of carbonyl (C=O) groups is 1. The van der Waals surface area contributed by atoms with Crippen molar-refractivity contribution in [3.8, 4) is 0 Å². The Morgan fingerprint density at radius 1 is 1.05 bits per heavy atom. The van der Waals surface area contributed by atoms with Gasteiger partial charge in [-0.1, -0.05) is 44.0 Å². The summed E-state index contributed by atoms with van der Waals surface area (Å²) in [6.45, 7) is 0. The van der Waals surface area contributed by atoms with Crippen molar-refractivity contribution in [3.63, 3.8) is 0 Å². The van der Waals surface area contributed by atoms with Crippen LogP contribution in [0, 0.1) is 0 Å². The zero-order valence-corrected chi connectivity index (χ0v) is 14.2. The summed E-state index contributed by atoms with van der Waals surface area (Å²) in [6.07, 6.45) is -4.39. The van der Waals surface area contributed by atoms with Crippen LogP contribution in [0.4, 0.5) is 18.9 Å². The fraction of sp³-hybridized carbons (Fsp3) is 0.133. The Hall–Kier alpha value is -1.34. The molecular weight excluding hydrogens is 427 g/mol. The number of halogens is 5. The second-order valence-corrected chi connectivity index (χ2v) is 6.31. The maximum Gasteiger partial charge on any atom is 0.417 e. The molecule has 0 aliphatic carbocycles. The lowest BCUT2D eigenvalue weighted by atomic mass is 10.1. The predicted molar refractivity (Wildman–Crippen MR) is 85.6 cm³/mol. The van der Waals surface area contributed by atoms with Crippen LogP contribution in [0.25, 0.3) is 0 Å². The summed E-state index contributed by atoms with van der Waals surface area (Å²) < 4.78 is 39.2. The van der Waals surface area contributed by atoms with Crippen LogP contribution in [-0.4, -0.2) is 5.91 Å². The Labute approximate surface area is 142 Å². The van der Waals surface area contributed by atoms with Crippen molar-refractivity contribution in [2.24, 2.45) is 0 Å². The van der Waals surface area contributed by atoms with Gasteiger partial charge < -0.3 is 5.32 Å². The molecule has 1 N–H and O–H groups in total. The molecule has 0 aliphatic rings. The average Bonchev–Trinajstić information content (AvgIpc) is 2.42. The highest BCUT2D eigenvalue weighted by atomic mass is 79.9. The van der Waals surface area contributed by atoms with Gasteiger partial charge in [0.1, 0.15) is 0 Å². The number of anilines is 1. The van der Waals surface area contributed by atoms with Gasteiger partial charge in [0.05, 0.1) is 12.0 Å². The van der Waals surface area contributed by atoms with Crippen molar-refractivity contribution in [2.45, 2.75) is 12.6 Å². The molecule has 2 aromatic rings. The molecule has 0 bridgehead atoms. The third-order valence-electron chi connectivity index (χ3n) is 2.83. The van der Waals surface area contributed by atoms with Gasteiger partial charge in [0, 0.05) is 14.6 Å². The summed E-state index contributed by atoms with van der Waals surface area (Å²) in [5.74, 6) is -0.377. The Kier molecular flexibility index (Phi) is 5.28. The Balaban J connectivity index is 2.10. The molecular formula is C15H10Br2F3NO. The molecule has 0 radical (unpaired) electrons. The van der Waals surface area contributed by atoms with Gasteiger partial charge in [0.15, 0.2) is 0 Å². The van der Waals surface area contributed by atoms with E-state index in [2.05, 4.69) is 37.2 Å². The van der Waals surface area contributed by atoms with Gasteiger partial charge in [0.2, 0.25) is 5.91 Å². The smallest absolute Gasteiger partial charge is 0.326 e. The lowest BCUT2D eigenvalue weighted by molar-refractivity contribution is -0.138. The first-order valence-electron chi connectivity index (χ1n) is 6.17. The molecule has 22 heavy (non-hydrogen) atoms. The Bertz CT molecular complexity index is 684. The van der Waals surface area contributed by atoms with Gasteiger partial charge in [-0.2, -0.15) is 13.2 Å². The Morgan fingerprint density at radius 2 is 1.68 bits per heavy atom. The Morgan fingerprint density at radius 3 is 2.27 bits per heavy atom. The maximum absolute atomic E-state index is 12.8. The van der Waals surface area contributed by atoms with Crippen LogP contribution in [0.1, 0.15) is 11.1 Å². The van der Waals surface area contributed by atoms with Gasteiger partial charge in [-0.05, 0) is 35.9 Å². The second kappa shape index (κ2) is 6.83. The molecule has 2 nitrogen and oxygen atoms in total. The predicted octanol–water partition coefficient (Wildman–Crippen LogP) is 5.41. The summed E-state index contributed by atoms with van der Waals surface area (Å²) in [5, 5.41) is 2.47. The van der Waals surface area contributed by atoms with Crippen molar-refractivity contribution < 1.29 is 18.0 Å². The molecule has 0 spiro atoms. The number of amides is 1. The van der Waals surface area contributed by atoms with Crippen molar-refractivity contribution in [1.82, 2.24) is 0 Å². The van der Waals surface area contributed by atoms with E-state index in [0.717, 1.165) is 16.1 Å². The average molecular weight is 437 g/mol. The largest absolute Gasteiger partial charge is 0.417 e. The van der Waals surface area contributed by atoms with Crippen LogP contribution in [0.5, 0.6) is 0 Å². The number of alkyl halides is 3. The first-order valence-corrected chi connectivity index (χ1v) is 7.75. The van der Waals surface area contributed by atoms with E-state index in [1.165, 1.54) is 12.1 Å². The van der Waals surface area contributed by atoms with Crippen molar-refractivity contribution in [1.29, 1.82) is 0 Å². The first-order chi connectivity index (χ1) is 10.3. The van der Waals surface area contributed by atoms with Gasteiger partial charge in [-0.15, -0.1) is 0 Å². The fourth-order valence-electron chi connectivity index (χ4n) is 1.81. The van der Waals surface area contributed by atoms with Crippen LogP contribution in [0.2, 0.25) is 0 Å². The lowest BCUT2D eigenvalue weighted by Crippen LogP contribution is -2.15. The van der Waals surface area contributed by atoms with E-state index in [9.17, 15) is 18.0 Å². The van der Waals surface area contributed by atoms with Crippen LogP contribution in [0.3, 0.4) is 0 Å². The molecule has 0 saturated carbocycles. The first kappa shape index (κ1) is 17.0. The summed E-state index contributed by atoms with van der Waals surface area (Å²) in [5.41, 5.74) is 0.0560. The number of hydrogen-bond donors (Lipinski definition) is 1. The second-order valence-electron chi connectivity index (χ2n) is 4.54. The SMILES string of the molecule is O=C(Cc1ccc(Br)cc1)Nc1ccc(Br)c(C(F)(F)F)c1. The highest BCUT2D eigenvalue weighted by Gasteiger charge is 2.33. The molecule has 0 aromatic heterocycles. The molecule has 0 heterocycles. The molecule has 2 rings (SSSR count). The van der Waals surface area contributed by atoms with Crippen LogP contribution < -0.4 is 5.32 Å². The molecule has 2 aromatic carbocycles. The maximum atomic E-state index is 12.8. The van der Waals surface area contributed by atoms with Gasteiger partial charge in [-0.25, -0.2) is 0 Å². The summed E-state index contributed by atoms with van der Waals surface area (Å²) in [4.78, 5) is 11.9. The third kappa shape index (κ3) is 4.58. The number of carbonyl (C=O) groups excluding carboxylic acids is 1. The summed E-state index contributed by atoms with van der Waals surface area (Å²) >= 11 is 6.14. The fourth-order valence-corrected chi connectivity index (χ4v) is 2.55. The van der Waals surface area contributed by atoms with Crippen LogP contribution in [-0.2, 0) is 17.4 Å². The van der Waals surface area contributed by atoms with Gasteiger partial charge >= 0.3 is 6.18 Å². The monoisotopic (exact) mass is 435 g/mol. The standard InChI is InChI=1S/C15H10Br2F3NO/c16-10-3-1-9(2-4-10)7-14(22)21-11-5-6-13(17)12(8-11)15(18,19)20/h1-6,8H,7H2,(H,21,22). The zero-order chi connectivity index (χ0) is 16.3. The minimum Gasteiger partial charge on any atom is -0.326 e. The summed E-state index contributed by atoms with van der Waals surface area (Å²) in [6, 6.07) is 10.7. The van der Waals surface area contributed by atoms with E-state index >= 15 is 0 Å². The number of hydrogen-bond acceptors (Lipinski definition) is 1. The third-order valence-corrected chi connectivity index (χ3v) is 4.05. The highest BCUT2D eigenvalue weighted by Crippen LogP contribution is 2.36. The van der Waals surface area contributed by atoms with E-state index in [4.69, 9.17) is 0 Å². The van der Waals surface area contributed by atoms with E-state index < -0.39 is 11.7 Å². The molecule has 0 aliphatic heterocycles. The highest BCUT2D eigenvalue weighted by molar-refractivity contribution is 9.10. The molecule has 116 valence electrons. The molecule has 0 saturated heterocycles. The van der Waals surface area contributed by atoms with E-state index in [-0.39, 0.29) is 22.5 Å². The van der Waals surface area contributed by atoms with Crippen molar-refractivity contribution in [3.05, 3.63) is 62.5 Å². The lowest BCUT2D eigenvalue weighted by Gasteiger charge is -2.12. The molecule has 0 unspecified atom stereocenters. The molecule has 0 fully saturated rings. The number of benzene rings is 2. The van der Waals surface area contributed by atoms with Gasteiger partial charge in [0.25, 0.3) is 0 Å². The summed E-state index contributed by atoms with van der Waals surface area (Å²) in [7, 11) is 0.